The third kappa shape index (κ3) is 6.43. The first-order chi connectivity index (χ1) is 18.2. The minimum absolute atomic E-state index is 0.0458. The molecule has 0 bridgehead atoms. The second-order valence-corrected chi connectivity index (χ2v) is 8.82. The quantitative estimate of drug-likeness (QED) is 0.366. The van der Waals surface area contributed by atoms with Gasteiger partial charge in [-0.2, -0.15) is 4.98 Å². The molecule has 1 aromatic heterocycles. The molecule has 3 aromatic rings. The molecule has 0 aliphatic carbocycles. The normalized spacial score (nSPS) is 13.6. The van der Waals surface area contributed by atoms with E-state index in [4.69, 9.17) is 10.5 Å². The fourth-order valence-electron chi connectivity index (χ4n) is 3.98. The number of carbonyl (C=O) groups excluding carboxylic acids is 2. The molecule has 0 atom stereocenters. The number of benzene rings is 2. The largest absolute Gasteiger partial charge is 0.437 e. The average Bonchev–Trinajstić information content (AvgIpc) is 2.89. The zero-order chi connectivity index (χ0) is 27.2. The summed E-state index contributed by atoms with van der Waals surface area (Å²) >= 11 is 0. The van der Waals surface area contributed by atoms with Crippen molar-refractivity contribution in [2.24, 2.45) is 5.73 Å². The summed E-state index contributed by atoms with van der Waals surface area (Å²) in [4.78, 5) is 37.3. The van der Waals surface area contributed by atoms with E-state index in [9.17, 15) is 14.0 Å². The Bertz CT molecular complexity index is 1340. The van der Waals surface area contributed by atoms with E-state index in [1.807, 2.05) is 31.2 Å². The molecule has 11 heteroatoms. The number of nitrogens with zero attached hydrogens (tertiary/aromatic N) is 4. The monoisotopic (exact) mass is 519 g/mol. The van der Waals surface area contributed by atoms with Crippen molar-refractivity contribution >= 4 is 34.7 Å². The van der Waals surface area contributed by atoms with Gasteiger partial charge in [0, 0.05) is 55.4 Å². The van der Waals surface area contributed by atoms with Crippen molar-refractivity contribution in [3.63, 3.8) is 0 Å². The van der Waals surface area contributed by atoms with Crippen LogP contribution in [-0.2, 0) is 11.2 Å². The summed E-state index contributed by atoms with van der Waals surface area (Å²) < 4.78 is 20.1. The summed E-state index contributed by atoms with van der Waals surface area (Å²) in [5, 5.41) is 5.59. The Kier molecular flexibility index (Phi) is 8.17. The maximum absolute atomic E-state index is 14.2. The fourth-order valence-corrected chi connectivity index (χ4v) is 3.98. The minimum Gasteiger partial charge on any atom is -0.437 e. The number of rotatable bonds is 9. The third-order valence-electron chi connectivity index (χ3n) is 6.04. The first-order valence-electron chi connectivity index (χ1n) is 12.2. The molecule has 0 spiro atoms. The van der Waals surface area contributed by atoms with E-state index in [2.05, 4.69) is 44.0 Å². The van der Waals surface area contributed by atoms with Crippen molar-refractivity contribution in [1.29, 1.82) is 0 Å². The summed E-state index contributed by atoms with van der Waals surface area (Å²) in [6, 6.07) is 11.5. The van der Waals surface area contributed by atoms with Crippen LogP contribution in [0.5, 0.6) is 11.6 Å². The highest BCUT2D eigenvalue weighted by Gasteiger charge is 2.20. The molecule has 4 rings (SSSR count). The van der Waals surface area contributed by atoms with Crippen LogP contribution in [-0.4, -0.2) is 59.9 Å². The van der Waals surface area contributed by atoms with Crippen LogP contribution in [0.15, 0.2) is 55.1 Å². The van der Waals surface area contributed by atoms with Gasteiger partial charge in [-0.1, -0.05) is 13.5 Å². The van der Waals surface area contributed by atoms with E-state index in [1.54, 1.807) is 0 Å². The van der Waals surface area contributed by atoms with Gasteiger partial charge in [-0.15, -0.1) is 0 Å². The predicted molar refractivity (Wildman–Crippen MR) is 145 cm³/mol. The molecule has 10 nitrogen and oxygen atoms in total. The number of halogens is 1. The lowest BCUT2D eigenvalue weighted by Gasteiger charge is -2.34. The summed E-state index contributed by atoms with van der Waals surface area (Å²) in [6.45, 7) is 9.08. The molecule has 1 aliphatic rings. The van der Waals surface area contributed by atoms with E-state index in [0.29, 0.717) is 17.8 Å². The number of piperazine rings is 1. The van der Waals surface area contributed by atoms with Crippen LogP contribution in [0.3, 0.4) is 0 Å². The van der Waals surface area contributed by atoms with Gasteiger partial charge in [-0.25, -0.2) is 9.37 Å². The van der Waals surface area contributed by atoms with E-state index < -0.39 is 17.6 Å². The Morgan fingerprint density at radius 2 is 1.82 bits per heavy atom. The van der Waals surface area contributed by atoms with Crippen LogP contribution >= 0.6 is 0 Å². The van der Waals surface area contributed by atoms with Crippen LogP contribution in [0, 0.1) is 5.82 Å². The highest BCUT2D eigenvalue weighted by Crippen LogP contribution is 2.30. The second kappa shape index (κ2) is 11.7. The number of hydrogen-bond acceptors (Lipinski definition) is 8. The van der Waals surface area contributed by atoms with E-state index in [0.717, 1.165) is 50.1 Å². The third-order valence-corrected chi connectivity index (χ3v) is 6.04. The fraction of sp³-hybridized carbons (Fsp3) is 0.259. The van der Waals surface area contributed by atoms with Gasteiger partial charge in [0.2, 0.25) is 11.8 Å². The number of nitrogens with two attached hydrogens (primary N) is 1. The number of aromatic nitrogens is 2. The number of ether oxygens (including phenoxy) is 1. The van der Waals surface area contributed by atoms with Crippen molar-refractivity contribution in [2.75, 3.05) is 48.8 Å². The summed E-state index contributed by atoms with van der Waals surface area (Å²) in [5.41, 5.74) is 7.86. The topological polar surface area (TPSA) is 126 Å². The highest BCUT2D eigenvalue weighted by molar-refractivity contribution is 5.99. The number of nitrogens with one attached hydrogen (secondary N) is 2. The Morgan fingerprint density at radius 3 is 2.45 bits per heavy atom. The van der Waals surface area contributed by atoms with Crippen LogP contribution in [0.4, 0.5) is 27.3 Å². The number of aryl methyl sites for hydroxylation is 1. The average molecular weight is 520 g/mol. The second-order valence-electron chi connectivity index (χ2n) is 8.82. The number of likely N-dealkylation sites (N-methyl/N-ethyl adjacent to an activating group) is 1. The molecule has 0 unspecified atom stereocenters. The summed E-state index contributed by atoms with van der Waals surface area (Å²) in [7, 11) is 2.11. The number of hydrogen-bond donors (Lipinski definition) is 3. The number of carbonyl (C=O) groups is 2. The van der Waals surface area contributed by atoms with Gasteiger partial charge in [-0.3, -0.25) is 9.59 Å². The standard InChI is InChI=1S/C27H30FN7O3/c1-4-22-27(38-21-15-17(28)14-19(16-21)30-23(36)5-2)33-26(24(32-22)25(29)37)31-18-6-8-20(9-7-18)35-12-10-34(3)11-13-35/h5-9,14-16H,2,4,10-13H2,1,3H3,(H2,29,37)(H,30,36)(H,31,33). The van der Waals surface area contributed by atoms with Gasteiger partial charge in [0.15, 0.2) is 11.5 Å². The molecule has 1 aliphatic heterocycles. The van der Waals surface area contributed by atoms with Crippen LogP contribution in [0.1, 0.15) is 23.1 Å². The number of amides is 2. The number of anilines is 4. The SMILES string of the molecule is C=CC(=O)Nc1cc(F)cc(Oc2nc(Nc3ccc(N4CCN(C)CC4)cc3)c(C(N)=O)nc2CC)c1. The molecule has 2 aromatic carbocycles. The van der Waals surface area contributed by atoms with Crippen LogP contribution in [0.25, 0.3) is 0 Å². The Hall–Kier alpha value is -4.51. The van der Waals surface area contributed by atoms with Crippen LogP contribution < -0.4 is 26.0 Å². The van der Waals surface area contributed by atoms with E-state index >= 15 is 0 Å². The number of primary amides is 1. The van der Waals surface area contributed by atoms with Gasteiger partial charge in [0.05, 0.1) is 0 Å². The van der Waals surface area contributed by atoms with Crippen molar-refractivity contribution < 1.29 is 18.7 Å². The van der Waals surface area contributed by atoms with E-state index in [1.165, 1.54) is 6.07 Å². The molecule has 38 heavy (non-hydrogen) atoms. The Labute approximate surface area is 220 Å². The van der Waals surface area contributed by atoms with Gasteiger partial charge < -0.3 is 30.9 Å². The molecule has 2 heterocycles. The Morgan fingerprint density at radius 1 is 1.11 bits per heavy atom. The molecule has 198 valence electrons. The summed E-state index contributed by atoms with van der Waals surface area (Å²) in [6.07, 6.45) is 1.45. The van der Waals surface area contributed by atoms with Gasteiger partial charge >= 0.3 is 0 Å². The van der Waals surface area contributed by atoms with Crippen molar-refractivity contribution in [3.05, 3.63) is 72.3 Å². The molecule has 1 fully saturated rings. The first kappa shape index (κ1) is 26.6. The Balaban J connectivity index is 1.61. The van der Waals surface area contributed by atoms with Crippen molar-refractivity contribution in [1.82, 2.24) is 14.9 Å². The first-order valence-corrected chi connectivity index (χ1v) is 12.2. The molecular formula is C27H30FN7O3. The predicted octanol–water partition coefficient (Wildman–Crippen LogP) is 3.69. The van der Waals surface area contributed by atoms with Gasteiger partial charge in [-0.05, 0) is 49.9 Å². The molecule has 0 saturated carbocycles. The van der Waals surface area contributed by atoms with Crippen molar-refractivity contribution in [2.45, 2.75) is 13.3 Å². The smallest absolute Gasteiger partial charge is 0.271 e. The van der Waals surface area contributed by atoms with Gasteiger partial charge in [0.25, 0.3) is 5.91 Å². The molecule has 0 radical (unpaired) electrons. The molecule has 1 saturated heterocycles. The molecule has 4 N–H and O–H groups in total. The summed E-state index contributed by atoms with van der Waals surface area (Å²) in [5.74, 6) is -1.61. The van der Waals surface area contributed by atoms with E-state index in [-0.39, 0.29) is 28.8 Å². The molecular weight excluding hydrogens is 489 g/mol. The lowest BCUT2D eigenvalue weighted by atomic mass is 10.2. The minimum atomic E-state index is -0.754. The maximum Gasteiger partial charge on any atom is 0.271 e. The lowest BCUT2D eigenvalue weighted by molar-refractivity contribution is -0.111. The lowest BCUT2D eigenvalue weighted by Crippen LogP contribution is -2.44. The maximum atomic E-state index is 14.2. The highest BCUT2D eigenvalue weighted by atomic mass is 19.1. The molecule has 2 amide bonds. The van der Waals surface area contributed by atoms with Crippen molar-refractivity contribution in [3.8, 4) is 11.6 Å². The zero-order valence-corrected chi connectivity index (χ0v) is 21.3. The van der Waals surface area contributed by atoms with Crippen LogP contribution in [0.2, 0.25) is 0 Å². The zero-order valence-electron chi connectivity index (χ0n) is 21.3. The van der Waals surface area contributed by atoms with Gasteiger partial charge in [0.1, 0.15) is 17.3 Å².